The van der Waals surface area contributed by atoms with Crippen molar-refractivity contribution in [1.29, 1.82) is 5.26 Å². The van der Waals surface area contributed by atoms with Crippen LogP contribution in [-0.2, 0) is 18.3 Å². The zero-order chi connectivity index (χ0) is 24.2. The topological polar surface area (TPSA) is 60.7 Å². The van der Waals surface area contributed by atoms with Gasteiger partial charge in [-0.15, -0.1) is 0 Å². The molecule has 2 aliphatic carbocycles. The first-order chi connectivity index (χ1) is 14.5. The number of hydrogen-bond acceptors (Lipinski definition) is 5. The number of nitrogens with zero attached hydrogens (tertiary/aromatic N) is 1. The van der Waals surface area contributed by atoms with E-state index in [4.69, 9.17) is 18.3 Å². The number of ether oxygens (including phenoxy) is 2. The quantitative estimate of drug-likeness (QED) is 0.421. The number of hydrogen-bond donors (Lipinski definition) is 0. The summed E-state index contributed by atoms with van der Waals surface area (Å²) in [4.78, 5) is 0. The average molecular weight is 480 g/mol. The predicted octanol–water partition coefficient (Wildman–Crippen LogP) is 6.68. The van der Waals surface area contributed by atoms with Gasteiger partial charge in [0.2, 0.25) is 0 Å². The lowest BCUT2D eigenvalue weighted by Gasteiger charge is -2.48. The van der Waals surface area contributed by atoms with Gasteiger partial charge in [0.15, 0.2) is 22.4 Å². The molecule has 0 N–H and O–H groups in total. The molecule has 1 heterocycles. The van der Waals surface area contributed by atoms with Crippen molar-refractivity contribution in [3.63, 3.8) is 0 Å². The Balaban J connectivity index is 2.02. The largest absolute Gasteiger partial charge is 0.408 e. The van der Waals surface area contributed by atoms with Gasteiger partial charge in [-0.25, -0.2) is 0 Å². The van der Waals surface area contributed by atoms with E-state index in [9.17, 15) is 5.26 Å². The first-order valence-corrected chi connectivity index (χ1v) is 18.2. The molecule has 4 atom stereocenters. The van der Waals surface area contributed by atoms with E-state index >= 15 is 0 Å². The molecule has 1 aliphatic heterocycles. The van der Waals surface area contributed by atoms with Gasteiger partial charge in [0.05, 0.1) is 11.6 Å². The first kappa shape index (κ1) is 26.1. The molecule has 0 radical (unpaired) electrons. The van der Waals surface area contributed by atoms with Crippen molar-refractivity contribution in [1.82, 2.24) is 0 Å². The third kappa shape index (κ3) is 4.96. The molecule has 3 aliphatic rings. The minimum atomic E-state index is -2.16. The molecule has 182 valence electrons. The van der Waals surface area contributed by atoms with E-state index in [1.807, 2.05) is 6.08 Å². The maximum Gasteiger partial charge on any atom is 0.193 e. The lowest BCUT2D eigenvalue weighted by atomic mass is 9.90. The molecule has 0 aromatic carbocycles. The molecule has 0 bridgehead atoms. The van der Waals surface area contributed by atoms with Gasteiger partial charge in [-0.3, -0.25) is 0 Å². The maximum atomic E-state index is 10.1. The molecule has 3 rings (SSSR count). The number of nitriles is 1. The summed E-state index contributed by atoms with van der Waals surface area (Å²) in [5.74, 6) is -0.536. The Morgan fingerprint density at radius 1 is 0.906 bits per heavy atom. The Hall–Kier alpha value is -0.496. The van der Waals surface area contributed by atoms with Crippen LogP contribution in [0.2, 0.25) is 36.3 Å². The second-order valence-corrected chi connectivity index (χ2v) is 22.5. The highest BCUT2D eigenvalue weighted by Gasteiger charge is 2.57. The zero-order valence-corrected chi connectivity index (χ0v) is 24.0. The molecule has 2 fully saturated rings. The van der Waals surface area contributed by atoms with Gasteiger partial charge in [-0.2, -0.15) is 5.26 Å². The van der Waals surface area contributed by atoms with Gasteiger partial charge in [-0.05, 0) is 55.2 Å². The lowest BCUT2D eigenvalue weighted by Crippen LogP contribution is -2.59. The second kappa shape index (κ2) is 8.62. The minimum absolute atomic E-state index is 0.0313. The van der Waals surface area contributed by atoms with E-state index in [1.54, 1.807) is 0 Å². The van der Waals surface area contributed by atoms with Gasteiger partial charge in [0, 0.05) is 12.8 Å². The summed E-state index contributed by atoms with van der Waals surface area (Å²) in [6.45, 7) is 22.5. The molecule has 5 nitrogen and oxygen atoms in total. The molecule has 1 saturated heterocycles. The van der Waals surface area contributed by atoms with Crippen LogP contribution in [0.5, 0.6) is 0 Å². The minimum Gasteiger partial charge on any atom is -0.408 e. The summed E-state index contributed by atoms with van der Waals surface area (Å²) < 4.78 is 27.2. The van der Waals surface area contributed by atoms with Gasteiger partial charge in [-0.1, -0.05) is 48.0 Å². The normalized spacial score (nSPS) is 31.2. The highest BCUT2D eigenvalue weighted by molar-refractivity contribution is 6.74. The molecule has 0 aromatic heterocycles. The van der Waals surface area contributed by atoms with Crippen molar-refractivity contribution >= 4 is 16.6 Å². The van der Waals surface area contributed by atoms with E-state index in [2.05, 4.69) is 73.8 Å². The first-order valence-electron chi connectivity index (χ1n) is 12.4. The maximum absolute atomic E-state index is 10.1. The molecule has 1 saturated carbocycles. The van der Waals surface area contributed by atoms with Crippen molar-refractivity contribution < 1.29 is 18.3 Å². The summed E-state index contributed by atoms with van der Waals surface area (Å²) in [6.07, 6.45) is 6.01. The Labute approximate surface area is 198 Å². The Morgan fingerprint density at radius 2 is 1.44 bits per heavy atom. The molecular weight excluding hydrogens is 434 g/mol. The number of rotatable bonds is 4. The van der Waals surface area contributed by atoms with Crippen LogP contribution in [0.3, 0.4) is 0 Å². The standard InChI is InChI=1S/C25H45NO4Si2/c1-23(2,3)31(7,8)29-20-18(17-26)16-19-21(22(20)30-32(9,10)24(4,5)6)28-25(27-19)14-12-11-13-15-25/h16,19-22H,11-15H2,1-10H3/t19-,20-,21-,22-/m1/s1. The van der Waals surface area contributed by atoms with Gasteiger partial charge >= 0.3 is 0 Å². The fourth-order valence-electron chi connectivity index (χ4n) is 4.36. The molecule has 1 spiro atoms. The number of fused-ring (bicyclic) bond motifs is 1. The molecule has 7 heteroatoms. The van der Waals surface area contributed by atoms with E-state index in [0.29, 0.717) is 5.57 Å². The summed E-state index contributed by atoms with van der Waals surface area (Å²) in [5, 5.41) is 10.2. The van der Waals surface area contributed by atoms with Gasteiger partial charge in [0.25, 0.3) is 0 Å². The molecule has 32 heavy (non-hydrogen) atoms. The Morgan fingerprint density at radius 3 is 1.94 bits per heavy atom. The van der Waals surface area contributed by atoms with Gasteiger partial charge < -0.3 is 18.3 Å². The Kier molecular flexibility index (Phi) is 7.03. The monoisotopic (exact) mass is 479 g/mol. The fourth-order valence-corrected chi connectivity index (χ4v) is 6.90. The van der Waals surface area contributed by atoms with E-state index in [0.717, 1.165) is 25.7 Å². The highest BCUT2D eigenvalue weighted by Crippen LogP contribution is 2.48. The average Bonchev–Trinajstić information content (AvgIpc) is 2.99. The van der Waals surface area contributed by atoms with Crippen molar-refractivity contribution in [2.75, 3.05) is 0 Å². The molecule has 0 aromatic rings. The van der Waals surface area contributed by atoms with Crippen molar-refractivity contribution in [2.45, 2.75) is 140 Å². The van der Waals surface area contributed by atoms with Crippen LogP contribution in [-0.4, -0.2) is 46.8 Å². The van der Waals surface area contributed by atoms with Crippen molar-refractivity contribution in [3.8, 4) is 6.07 Å². The van der Waals surface area contributed by atoms with Crippen LogP contribution in [0, 0.1) is 11.3 Å². The van der Waals surface area contributed by atoms with E-state index < -0.39 is 28.5 Å². The molecule has 0 unspecified atom stereocenters. The van der Waals surface area contributed by atoms with Crippen LogP contribution in [0.25, 0.3) is 0 Å². The summed E-state index contributed by atoms with van der Waals surface area (Å²) in [6, 6.07) is 2.44. The van der Waals surface area contributed by atoms with E-state index in [-0.39, 0.29) is 28.4 Å². The molecular formula is C25H45NO4Si2. The fraction of sp³-hybridized carbons (Fsp3) is 0.880. The third-order valence-corrected chi connectivity index (χ3v) is 17.4. The van der Waals surface area contributed by atoms with Crippen LogP contribution < -0.4 is 0 Å². The third-order valence-electron chi connectivity index (χ3n) is 8.51. The van der Waals surface area contributed by atoms with Crippen LogP contribution in [0.15, 0.2) is 11.6 Å². The lowest BCUT2D eigenvalue weighted by molar-refractivity contribution is -0.199. The predicted molar refractivity (Wildman–Crippen MR) is 133 cm³/mol. The summed E-state index contributed by atoms with van der Waals surface area (Å²) in [7, 11) is -4.31. The SMILES string of the molecule is CC(C)(C)[Si](C)(C)O[C@H]1[C@@H]2OC3(CCCCC3)O[C@@H]2C=C(C#N)[C@H]1O[Si](C)(C)C(C)(C)C. The van der Waals surface area contributed by atoms with Crippen LogP contribution >= 0.6 is 0 Å². The highest BCUT2D eigenvalue weighted by atomic mass is 28.4. The molecule has 0 amide bonds. The van der Waals surface area contributed by atoms with Crippen LogP contribution in [0.1, 0.15) is 73.6 Å². The summed E-state index contributed by atoms with van der Waals surface area (Å²) >= 11 is 0. The smallest absolute Gasteiger partial charge is 0.193 e. The second-order valence-electron chi connectivity index (χ2n) is 13.0. The van der Waals surface area contributed by atoms with Gasteiger partial charge in [0.1, 0.15) is 24.4 Å². The van der Waals surface area contributed by atoms with Crippen molar-refractivity contribution in [3.05, 3.63) is 11.6 Å². The van der Waals surface area contributed by atoms with Crippen LogP contribution in [0.4, 0.5) is 0 Å². The van der Waals surface area contributed by atoms with E-state index in [1.165, 1.54) is 6.42 Å². The summed E-state index contributed by atoms with van der Waals surface area (Å²) in [5.41, 5.74) is 0.635. The zero-order valence-electron chi connectivity index (χ0n) is 22.0. The van der Waals surface area contributed by atoms with Crippen molar-refractivity contribution in [2.24, 2.45) is 0 Å². The Bertz CT molecular complexity index is 766.